The minimum absolute atomic E-state index is 0.224. The van der Waals surface area contributed by atoms with Crippen molar-refractivity contribution >= 4 is 5.69 Å². The molecule has 1 heterocycles. The number of aryl methyl sites for hydroxylation is 3. The molecule has 1 N–H and O–H groups in total. The van der Waals surface area contributed by atoms with Gasteiger partial charge in [-0.1, -0.05) is 17.7 Å². The molecule has 0 bridgehead atoms. The summed E-state index contributed by atoms with van der Waals surface area (Å²) in [6, 6.07) is 5.19. The minimum atomic E-state index is 0.224. The molecule has 0 aromatic heterocycles. The van der Waals surface area contributed by atoms with Gasteiger partial charge in [-0.25, -0.2) is 0 Å². The Morgan fingerprint density at radius 3 is 2.26 bits per heavy atom. The summed E-state index contributed by atoms with van der Waals surface area (Å²) in [5.41, 5.74) is 5.35. The highest BCUT2D eigenvalue weighted by atomic mass is 16.3. The van der Waals surface area contributed by atoms with Gasteiger partial charge in [0, 0.05) is 24.8 Å². The van der Waals surface area contributed by atoms with Crippen LogP contribution in [0.15, 0.2) is 12.1 Å². The normalized spacial score (nSPS) is 24.8. The second-order valence-electron chi connectivity index (χ2n) is 6.00. The molecule has 0 saturated carbocycles. The van der Waals surface area contributed by atoms with E-state index in [1.807, 2.05) is 0 Å². The monoisotopic (exact) mass is 262 g/mol. The van der Waals surface area contributed by atoms with Crippen LogP contribution in [-0.4, -0.2) is 48.8 Å². The Kier molecular flexibility index (Phi) is 4.16. The largest absolute Gasteiger partial charge is 0.395 e. The van der Waals surface area contributed by atoms with Gasteiger partial charge in [0.25, 0.3) is 0 Å². The number of hydrogen-bond acceptors (Lipinski definition) is 3. The summed E-state index contributed by atoms with van der Waals surface area (Å²) >= 11 is 0. The molecule has 0 amide bonds. The van der Waals surface area contributed by atoms with E-state index in [1.165, 1.54) is 22.4 Å². The summed E-state index contributed by atoms with van der Waals surface area (Å²) in [6.45, 7) is 10.9. The quantitative estimate of drug-likeness (QED) is 0.884. The molecular weight excluding hydrogens is 236 g/mol. The molecule has 106 valence electrons. The number of nitrogens with zero attached hydrogens (tertiary/aromatic N) is 2. The van der Waals surface area contributed by atoms with Crippen LogP contribution in [0.2, 0.25) is 0 Å². The number of piperazine rings is 1. The van der Waals surface area contributed by atoms with Gasteiger partial charge < -0.3 is 10.0 Å². The van der Waals surface area contributed by atoms with Crippen LogP contribution < -0.4 is 4.90 Å². The fourth-order valence-corrected chi connectivity index (χ4v) is 3.31. The van der Waals surface area contributed by atoms with Gasteiger partial charge in [-0.05, 0) is 45.9 Å². The highest BCUT2D eigenvalue weighted by Gasteiger charge is 2.30. The predicted octanol–water partition coefficient (Wildman–Crippen LogP) is 2.11. The molecule has 1 fully saturated rings. The molecule has 3 nitrogen and oxygen atoms in total. The second kappa shape index (κ2) is 5.51. The number of benzene rings is 1. The second-order valence-corrected chi connectivity index (χ2v) is 6.00. The van der Waals surface area contributed by atoms with Gasteiger partial charge in [0.2, 0.25) is 0 Å². The summed E-state index contributed by atoms with van der Waals surface area (Å²) in [6.07, 6.45) is 0. The van der Waals surface area contributed by atoms with Crippen molar-refractivity contribution in [3.63, 3.8) is 0 Å². The maximum atomic E-state index is 9.56. The van der Waals surface area contributed by atoms with Crippen molar-refractivity contribution < 1.29 is 5.11 Å². The smallest absolute Gasteiger partial charge is 0.0604 e. The average Bonchev–Trinajstić information content (AvgIpc) is 2.32. The van der Waals surface area contributed by atoms with E-state index in [2.05, 4.69) is 56.7 Å². The first kappa shape index (κ1) is 14.4. The van der Waals surface area contributed by atoms with E-state index in [9.17, 15) is 5.11 Å². The molecule has 1 aliphatic rings. The first-order chi connectivity index (χ1) is 8.93. The molecule has 1 saturated heterocycles. The summed E-state index contributed by atoms with van der Waals surface area (Å²) in [4.78, 5) is 4.73. The summed E-state index contributed by atoms with van der Waals surface area (Å²) < 4.78 is 0. The number of aliphatic hydroxyl groups excluding tert-OH is 1. The predicted molar refractivity (Wildman–Crippen MR) is 81.0 cm³/mol. The topological polar surface area (TPSA) is 26.7 Å². The van der Waals surface area contributed by atoms with Gasteiger partial charge in [0.15, 0.2) is 0 Å². The highest BCUT2D eigenvalue weighted by molar-refractivity contribution is 5.60. The van der Waals surface area contributed by atoms with Crippen LogP contribution in [0.5, 0.6) is 0 Å². The molecule has 0 spiro atoms. The van der Waals surface area contributed by atoms with E-state index in [0.29, 0.717) is 6.04 Å². The lowest BCUT2D eigenvalue weighted by Crippen LogP contribution is -2.57. The van der Waals surface area contributed by atoms with E-state index in [0.717, 1.165) is 13.1 Å². The van der Waals surface area contributed by atoms with Gasteiger partial charge in [0.05, 0.1) is 12.6 Å². The molecule has 2 rings (SSSR count). The van der Waals surface area contributed by atoms with Crippen LogP contribution in [0.4, 0.5) is 5.69 Å². The van der Waals surface area contributed by atoms with Crippen molar-refractivity contribution in [2.45, 2.75) is 39.8 Å². The molecular formula is C16H26N2O. The SMILES string of the molecule is Cc1cc(C)c(N2CC(C)N(C)C(CO)C2)c(C)c1. The Labute approximate surface area is 116 Å². The Hall–Kier alpha value is -1.06. The summed E-state index contributed by atoms with van der Waals surface area (Å²) in [5, 5.41) is 9.56. The van der Waals surface area contributed by atoms with Gasteiger partial charge in [0.1, 0.15) is 0 Å². The average molecular weight is 262 g/mol. The number of hydrogen-bond donors (Lipinski definition) is 1. The Morgan fingerprint density at radius 2 is 1.74 bits per heavy atom. The molecule has 1 aromatic carbocycles. The number of aliphatic hydroxyl groups is 1. The highest BCUT2D eigenvalue weighted by Crippen LogP contribution is 2.29. The minimum Gasteiger partial charge on any atom is -0.395 e. The fraction of sp³-hybridized carbons (Fsp3) is 0.625. The van der Waals surface area contributed by atoms with E-state index in [1.54, 1.807) is 0 Å². The third-order valence-electron chi connectivity index (χ3n) is 4.35. The summed E-state index contributed by atoms with van der Waals surface area (Å²) in [5.74, 6) is 0. The van der Waals surface area contributed by atoms with Crippen molar-refractivity contribution in [2.24, 2.45) is 0 Å². The maximum absolute atomic E-state index is 9.56. The van der Waals surface area contributed by atoms with E-state index in [4.69, 9.17) is 0 Å². The number of likely N-dealkylation sites (N-methyl/N-ethyl adjacent to an activating group) is 1. The molecule has 19 heavy (non-hydrogen) atoms. The Morgan fingerprint density at radius 1 is 1.16 bits per heavy atom. The van der Waals surface area contributed by atoms with Crippen molar-refractivity contribution in [2.75, 3.05) is 31.6 Å². The Balaban J connectivity index is 2.32. The van der Waals surface area contributed by atoms with Crippen LogP contribution in [0.25, 0.3) is 0 Å². The van der Waals surface area contributed by atoms with E-state index < -0.39 is 0 Å². The molecule has 0 aliphatic carbocycles. The fourth-order valence-electron chi connectivity index (χ4n) is 3.31. The van der Waals surface area contributed by atoms with Crippen LogP contribution >= 0.6 is 0 Å². The van der Waals surface area contributed by atoms with Crippen molar-refractivity contribution in [1.29, 1.82) is 0 Å². The number of anilines is 1. The third-order valence-corrected chi connectivity index (χ3v) is 4.35. The zero-order chi connectivity index (χ0) is 14.2. The van der Waals surface area contributed by atoms with Crippen LogP contribution in [0.3, 0.4) is 0 Å². The van der Waals surface area contributed by atoms with Gasteiger partial charge >= 0.3 is 0 Å². The van der Waals surface area contributed by atoms with E-state index in [-0.39, 0.29) is 12.6 Å². The molecule has 3 heteroatoms. The Bertz CT molecular complexity index is 435. The first-order valence-electron chi connectivity index (χ1n) is 7.09. The zero-order valence-electron chi connectivity index (χ0n) is 12.8. The third kappa shape index (κ3) is 2.77. The summed E-state index contributed by atoms with van der Waals surface area (Å²) in [7, 11) is 2.11. The lowest BCUT2D eigenvalue weighted by Gasteiger charge is -2.45. The van der Waals surface area contributed by atoms with E-state index >= 15 is 0 Å². The standard InChI is InChI=1S/C16H26N2O/c1-11-6-12(2)16(13(3)7-11)18-8-14(4)17(5)15(9-18)10-19/h6-7,14-15,19H,8-10H2,1-5H3. The van der Waals surface area contributed by atoms with Crippen molar-refractivity contribution in [1.82, 2.24) is 4.90 Å². The zero-order valence-corrected chi connectivity index (χ0v) is 12.8. The van der Waals surface area contributed by atoms with Crippen molar-refractivity contribution in [3.8, 4) is 0 Å². The number of rotatable bonds is 2. The molecule has 2 atom stereocenters. The lowest BCUT2D eigenvalue weighted by atomic mass is 10.0. The molecule has 0 radical (unpaired) electrons. The molecule has 1 aromatic rings. The maximum Gasteiger partial charge on any atom is 0.0604 e. The van der Waals surface area contributed by atoms with Crippen LogP contribution in [0, 0.1) is 20.8 Å². The first-order valence-corrected chi connectivity index (χ1v) is 7.09. The van der Waals surface area contributed by atoms with Crippen LogP contribution in [0.1, 0.15) is 23.6 Å². The molecule has 1 aliphatic heterocycles. The molecule has 2 unspecified atom stereocenters. The van der Waals surface area contributed by atoms with Gasteiger partial charge in [-0.2, -0.15) is 0 Å². The van der Waals surface area contributed by atoms with Crippen molar-refractivity contribution in [3.05, 3.63) is 28.8 Å². The lowest BCUT2D eigenvalue weighted by molar-refractivity contribution is 0.0995. The van der Waals surface area contributed by atoms with Gasteiger partial charge in [-0.15, -0.1) is 0 Å². The van der Waals surface area contributed by atoms with Gasteiger partial charge in [-0.3, -0.25) is 4.90 Å². The van der Waals surface area contributed by atoms with Crippen LogP contribution in [-0.2, 0) is 0 Å².